The monoisotopic (exact) mass is 288 g/mol. The summed E-state index contributed by atoms with van der Waals surface area (Å²) in [6, 6.07) is 2.71. The Morgan fingerprint density at radius 2 is 2.19 bits per heavy atom. The molecule has 7 nitrogen and oxygen atoms in total. The molecule has 2 aromatic rings. The van der Waals surface area contributed by atoms with Gasteiger partial charge >= 0.3 is 5.97 Å². The Hall–Kier alpha value is -2.70. The van der Waals surface area contributed by atoms with Crippen LogP contribution in [0.3, 0.4) is 0 Å². The first kappa shape index (κ1) is 14.7. The molecule has 2 aromatic heterocycles. The molecule has 0 unspecified atom stereocenters. The number of pyridine rings is 1. The van der Waals surface area contributed by atoms with Gasteiger partial charge in [-0.2, -0.15) is 0 Å². The van der Waals surface area contributed by atoms with Crippen LogP contribution in [0.4, 0.5) is 0 Å². The van der Waals surface area contributed by atoms with Gasteiger partial charge in [0.25, 0.3) is 0 Å². The van der Waals surface area contributed by atoms with Crippen molar-refractivity contribution in [3.8, 4) is 0 Å². The summed E-state index contributed by atoms with van der Waals surface area (Å²) < 4.78 is 0. The van der Waals surface area contributed by atoms with Gasteiger partial charge in [-0.05, 0) is 18.1 Å². The van der Waals surface area contributed by atoms with Crippen LogP contribution in [0.15, 0.2) is 37.1 Å². The second-order valence-corrected chi connectivity index (χ2v) is 4.60. The zero-order valence-electron chi connectivity index (χ0n) is 11.3. The van der Waals surface area contributed by atoms with Crippen molar-refractivity contribution in [1.29, 1.82) is 0 Å². The first-order chi connectivity index (χ1) is 10.1. The minimum Gasteiger partial charge on any atom is -0.480 e. The second-order valence-electron chi connectivity index (χ2n) is 4.60. The smallest absolute Gasteiger partial charge is 0.326 e. The molecule has 0 aliphatic carbocycles. The maximum Gasteiger partial charge on any atom is 0.326 e. The third kappa shape index (κ3) is 4.72. The summed E-state index contributed by atoms with van der Waals surface area (Å²) >= 11 is 0. The third-order valence-corrected chi connectivity index (χ3v) is 2.98. The van der Waals surface area contributed by atoms with Gasteiger partial charge in [0.1, 0.15) is 6.04 Å². The summed E-state index contributed by atoms with van der Waals surface area (Å²) in [5.74, 6) is -1.37. The molecule has 1 amide bonds. The summed E-state index contributed by atoms with van der Waals surface area (Å²) in [5, 5.41) is 11.7. The highest BCUT2D eigenvalue weighted by Gasteiger charge is 2.20. The van der Waals surface area contributed by atoms with E-state index in [1.165, 1.54) is 12.5 Å². The molecule has 0 aromatic carbocycles. The molecule has 0 bridgehead atoms. The normalized spacial score (nSPS) is 11.8. The molecule has 0 saturated carbocycles. The molecule has 110 valence electrons. The number of carbonyl (C=O) groups is 2. The van der Waals surface area contributed by atoms with E-state index in [4.69, 9.17) is 5.11 Å². The van der Waals surface area contributed by atoms with E-state index in [9.17, 15) is 9.59 Å². The fourth-order valence-corrected chi connectivity index (χ4v) is 1.89. The summed E-state index contributed by atoms with van der Waals surface area (Å²) in [5.41, 5.74) is 1.60. The van der Waals surface area contributed by atoms with Crippen LogP contribution in [-0.2, 0) is 22.4 Å². The van der Waals surface area contributed by atoms with Crippen LogP contribution >= 0.6 is 0 Å². The highest BCUT2D eigenvalue weighted by Crippen LogP contribution is 2.03. The standard InChI is InChI=1S/C14H16N4O3/c19-13(4-3-10-2-1-5-15-7-10)18-12(14(20)21)6-11-8-16-9-17-11/h1-2,5,7-9,12H,3-4,6H2,(H,16,17)(H,18,19)(H,20,21)/t12-/m0/s1. The Labute approximate surface area is 121 Å². The molecule has 0 aliphatic rings. The van der Waals surface area contributed by atoms with Crippen molar-refractivity contribution in [1.82, 2.24) is 20.3 Å². The first-order valence-corrected chi connectivity index (χ1v) is 6.53. The third-order valence-electron chi connectivity index (χ3n) is 2.98. The number of aryl methyl sites for hydroxylation is 1. The number of hydrogen-bond acceptors (Lipinski definition) is 4. The predicted octanol–water partition coefficient (Wildman–Crippen LogP) is 0.549. The average molecular weight is 288 g/mol. The number of aliphatic carboxylic acids is 1. The van der Waals surface area contributed by atoms with Crippen molar-refractivity contribution in [2.24, 2.45) is 0 Å². The van der Waals surface area contributed by atoms with Gasteiger partial charge in [-0.25, -0.2) is 9.78 Å². The number of carbonyl (C=O) groups excluding carboxylic acids is 1. The van der Waals surface area contributed by atoms with E-state index in [1.54, 1.807) is 18.5 Å². The number of H-pyrrole nitrogens is 1. The van der Waals surface area contributed by atoms with Crippen LogP contribution in [0.5, 0.6) is 0 Å². The summed E-state index contributed by atoms with van der Waals surface area (Å²) in [4.78, 5) is 33.6. The largest absolute Gasteiger partial charge is 0.480 e. The highest BCUT2D eigenvalue weighted by atomic mass is 16.4. The molecule has 0 fully saturated rings. The molecule has 21 heavy (non-hydrogen) atoms. The lowest BCUT2D eigenvalue weighted by molar-refractivity contribution is -0.141. The Kier molecular flexibility index (Phi) is 5.03. The van der Waals surface area contributed by atoms with E-state index in [-0.39, 0.29) is 18.7 Å². The van der Waals surface area contributed by atoms with Crippen LogP contribution in [0.2, 0.25) is 0 Å². The van der Waals surface area contributed by atoms with Gasteiger partial charge < -0.3 is 15.4 Å². The van der Waals surface area contributed by atoms with Crippen LogP contribution in [0.1, 0.15) is 17.7 Å². The van der Waals surface area contributed by atoms with Crippen LogP contribution < -0.4 is 5.32 Å². The van der Waals surface area contributed by atoms with Crippen LogP contribution in [0, 0.1) is 0 Å². The number of nitrogens with one attached hydrogen (secondary N) is 2. The van der Waals surface area contributed by atoms with Gasteiger partial charge in [-0.3, -0.25) is 9.78 Å². The minimum atomic E-state index is -1.07. The maximum atomic E-state index is 11.8. The van der Waals surface area contributed by atoms with Crippen LogP contribution in [-0.4, -0.2) is 38.0 Å². The van der Waals surface area contributed by atoms with Gasteiger partial charge in [0, 0.05) is 37.1 Å². The molecule has 2 rings (SSSR count). The lowest BCUT2D eigenvalue weighted by Crippen LogP contribution is -2.42. The Bertz CT molecular complexity index is 584. The molecule has 0 saturated heterocycles. The summed E-state index contributed by atoms with van der Waals surface area (Å²) in [6.07, 6.45) is 7.28. The van der Waals surface area contributed by atoms with Crippen LogP contribution in [0.25, 0.3) is 0 Å². The van der Waals surface area contributed by atoms with E-state index < -0.39 is 12.0 Å². The number of imidazole rings is 1. The van der Waals surface area contributed by atoms with Crippen molar-refractivity contribution in [3.05, 3.63) is 48.3 Å². The summed E-state index contributed by atoms with van der Waals surface area (Å²) in [7, 11) is 0. The lowest BCUT2D eigenvalue weighted by Gasteiger charge is -2.13. The topological polar surface area (TPSA) is 108 Å². The number of aromatic amines is 1. The number of carboxylic acid groups (broad SMARTS) is 1. The molecule has 1 atom stereocenters. The number of amides is 1. The number of carboxylic acids is 1. The zero-order chi connectivity index (χ0) is 15.1. The molecule has 2 heterocycles. The Morgan fingerprint density at radius 1 is 1.33 bits per heavy atom. The van der Waals surface area contributed by atoms with Gasteiger partial charge in [-0.1, -0.05) is 6.07 Å². The molecule has 3 N–H and O–H groups in total. The first-order valence-electron chi connectivity index (χ1n) is 6.53. The van der Waals surface area contributed by atoms with Crippen molar-refractivity contribution in [2.75, 3.05) is 0 Å². The molecular weight excluding hydrogens is 272 g/mol. The average Bonchev–Trinajstić information content (AvgIpc) is 2.98. The number of nitrogens with zero attached hydrogens (tertiary/aromatic N) is 2. The zero-order valence-corrected chi connectivity index (χ0v) is 11.3. The van der Waals surface area contributed by atoms with Crippen molar-refractivity contribution in [2.45, 2.75) is 25.3 Å². The molecule has 0 aliphatic heterocycles. The van der Waals surface area contributed by atoms with E-state index in [2.05, 4.69) is 20.3 Å². The van der Waals surface area contributed by atoms with E-state index in [0.717, 1.165) is 5.56 Å². The van der Waals surface area contributed by atoms with Gasteiger partial charge in [0.2, 0.25) is 5.91 Å². The molecule has 0 spiro atoms. The second kappa shape index (κ2) is 7.18. The SMILES string of the molecule is O=C(CCc1cccnc1)N[C@@H](Cc1cnc[nH]1)C(=O)O. The van der Waals surface area contributed by atoms with Gasteiger partial charge in [0.15, 0.2) is 0 Å². The fraction of sp³-hybridized carbons (Fsp3) is 0.286. The molecule has 7 heteroatoms. The predicted molar refractivity (Wildman–Crippen MR) is 74.4 cm³/mol. The minimum absolute atomic E-state index is 0.175. The van der Waals surface area contributed by atoms with Crippen molar-refractivity contribution >= 4 is 11.9 Å². The lowest BCUT2D eigenvalue weighted by atomic mass is 10.1. The van der Waals surface area contributed by atoms with Crippen molar-refractivity contribution in [3.63, 3.8) is 0 Å². The number of rotatable bonds is 7. The van der Waals surface area contributed by atoms with Gasteiger partial charge in [0.05, 0.1) is 6.33 Å². The number of aromatic nitrogens is 3. The molecular formula is C14H16N4O3. The van der Waals surface area contributed by atoms with E-state index in [0.29, 0.717) is 12.1 Å². The Morgan fingerprint density at radius 3 is 2.81 bits per heavy atom. The fourth-order valence-electron chi connectivity index (χ4n) is 1.89. The molecule has 0 radical (unpaired) electrons. The van der Waals surface area contributed by atoms with E-state index in [1.807, 2.05) is 6.07 Å². The summed E-state index contributed by atoms with van der Waals surface area (Å²) in [6.45, 7) is 0. The van der Waals surface area contributed by atoms with E-state index >= 15 is 0 Å². The quantitative estimate of drug-likeness (QED) is 0.689. The van der Waals surface area contributed by atoms with Gasteiger partial charge in [-0.15, -0.1) is 0 Å². The highest BCUT2D eigenvalue weighted by molar-refractivity contribution is 5.83. The number of hydrogen-bond donors (Lipinski definition) is 3. The maximum absolute atomic E-state index is 11.8. The Balaban J connectivity index is 1.85. The van der Waals surface area contributed by atoms with Crippen molar-refractivity contribution < 1.29 is 14.7 Å².